The highest BCUT2D eigenvalue weighted by Gasteiger charge is 2.12. The molecule has 0 bridgehead atoms. The van der Waals surface area contributed by atoms with Crippen LogP contribution in [0.1, 0.15) is 11.1 Å². The van der Waals surface area contributed by atoms with E-state index >= 15 is 0 Å². The fourth-order valence-electron chi connectivity index (χ4n) is 2.04. The number of ether oxygens (including phenoxy) is 2. The molecule has 0 saturated carbocycles. The van der Waals surface area contributed by atoms with E-state index in [1.54, 1.807) is 12.1 Å². The second-order valence-corrected chi connectivity index (χ2v) is 6.23. The van der Waals surface area contributed by atoms with Gasteiger partial charge in [-0.05, 0) is 48.1 Å². The number of benzene rings is 2. The molecule has 0 fully saturated rings. The number of hydrazone groups is 1. The van der Waals surface area contributed by atoms with E-state index in [2.05, 4.69) is 31.8 Å². The average Bonchev–Trinajstić information content (AvgIpc) is 3.02. The first kappa shape index (κ1) is 16.7. The topological polar surface area (TPSA) is 54.9 Å². The Hall–Kier alpha value is -2.19. The van der Waals surface area contributed by atoms with Gasteiger partial charge < -0.3 is 14.8 Å². The molecular formula is C16H13BrFN3O2S. The Morgan fingerprint density at radius 3 is 2.92 bits per heavy atom. The van der Waals surface area contributed by atoms with Crippen LogP contribution in [-0.4, -0.2) is 18.1 Å². The van der Waals surface area contributed by atoms with Crippen molar-refractivity contribution in [2.75, 3.05) is 6.79 Å². The van der Waals surface area contributed by atoms with Gasteiger partial charge in [-0.2, -0.15) is 5.10 Å². The Kier molecular flexibility index (Phi) is 5.27. The van der Waals surface area contributed by atoms with Crippen molar-refractivity contribution in [2.24, 2.45) is 5.10 Å². The van der Waals surface area contributed by atoms with E-state index in [0.29, 0.717) is 21.7 Å². The maximum atomic E-state index is 13.6. The Morgan fingerprint density at radius 2 is 2.08 bits per heavy atom. The molecule has 0 unspecified atom stereocenters. The number of thiocarbonyl (C=S) groups is 1. The van der Waals surface area contributed by atoms with Gasteiger partial charge in [-0.25, -0.2) is 4.39 Å². The molecule has 0 amide bonds. The fourth-order valence-corrected chi connectivity index (χ4v) is 2.50. The molecule has 0 atom stereocenters. The molecule has 0 spiro atoms. The summed E-state index contributed by atoms with van der Waals surface area (Å²) in [5.74, 6) is 1.09. The summed E-state index contributed by atoms with van der Waals surface area (Å²) in [6, 6.07) is 10.4. The van der Waals surface area contributed by atoms with Crippen molar-refractivity contribution in [3.8, 4) is 11.5 Å². The van der Waals surface area contributed by atoms with E-state index in [1.807, 2.05) is 18.2 Å². The Balaban J connectivity index is 1.50. The van der Waals surface area contributed by atoms with Crippen LogP contribution in [0.25, 0.3) is 0 Å². The molecule has 2 aromatic rings. The lowest BCUT2D eigenvalue weighted by molar-refractivity contribution is 0.174. The molecule has 0 radical (unpaired) electrons. The van der Waals surface area contributed by atoms with Crippen molar-refractivity contribution in [3.63, 3.8) is 0 Å². The zero-order valence-electron chi connectivity index (χ0n) is 12.4. The summed E-state index contributed by atoms with van der Waals surface area (Å²) in [6.07, 6.45) is 1.37. The van der Waals surface area contributed by atoms with Crippen molar-refractivity contribution in [3.05, 3.63) is 57.8 Å². The first-order valence-corrected chi connectivity index (χ1v) is 8.22. The summed E-state index contributed by atoms with van der Waals surface area (Å²) in [5, 5.41) is 7.27. The minimum atomic E-state index is -0.367. The molecule has 1 aliphatic heterocycles. The molecule has 3 rings (SSSR count). The summed E-state index contributed by atoms with van der Waals surface area (Å²) >= 11 is 8.33. The lowest BCUT2D eigenvalue weighted by Crippen LogP contribution is -2.31. The van der Waals surface area contributed by atoms with E-state index in [1.165, 1.54) is 12.3 Å². The Labute approximate surface area is 152 Å². The van der Waals surface area contributed by atoms with Crippen LogP contribution in [0.3, 0.4) is 0 Å². The molecule has 2 N–H and O–H groups in total. The number of hydrogen-bond donors (Lipinski definition) is 2. The summed E-state index contributed by atoms with van der Waals surface area (Å²) in [7, 11) is 0. The molecule has 24 heavy (non-hydrogen) atoms. The maximum absolute atomic E-state index is 13.6. The van der Waals surface area contributed by atoms with Crippen LogP contribution in [0, 0.1) is 5.82 Å². The molecular weight excluding hydrogens is 397 g/mol. The smallest absolute Gasteiger partial charge is 0.231 e. The molecule has 124 valence electrons. The summed E-state index contributed by atoms with van der Waals surface area (Å²) < 4.78 is 24.9. The van der Waals surface area contributed by atoms with Gasteiger partial charge in [0.05, 0.1) is 6.21 Å². The van der Waals surface area contributed by atoms with E-state index in [0.717, 1.165) is 17.1 Å². The van der Waals surface area contributed by atoms with Gasteiger partial charge in [-0.15, -0.1) is 0 Å². The Morgan fingerprint density at radius 1 is 1.25 bits per heavy atom. The highest BCUT2D eigenvalue weighted by molar-refractivity contribution is 9.10. The van der Waals surface area contributed by atoms with Gasteiger partial charge in [-0.1, -0.05) is 22.0 Å². The van der Waals surface area contributed by atoms with E-state index in [9.17, 15) is 4.39 Å². The second-order valence-electron chi connectivity index (χ2n) is 4.91. The second kappa shape index (κ2) is 7.59. The van der Waals surface area contributed by atoms with E-state index in [-0.39, 0.29) is 12.6 Å². The van der Waals surface area contributed by atoms with Crippen LogP contribution in [0.15, 0.2) is 46.0 Å². The van der Waals surface area contributed by atoms with E-state index in [4.69, 9.17) is 21.7 Å². The number of rotatable bonds is 4. The average molecular weight is 410 g/mol. The maximum Gasteiger partial charge on any atom is 0.231 e. The van der Waals surface area contributed by atoms with Gasteiger partial charge in [0.2, 0.25) is 6.79 Å². The quantitative estimate of drug-likeness (QED) is 0.460. The molecule has 5 nitrogen and oxygen atoms in total. The van der Waals surface area contributed by atoms with Crippen molar-refractivity contribution < 1.29 is 13.9 Å². The first-order chi connectivity index (χ1) is 11.6. The third kappa shape index (κ3) is 4.21. The van der Waals surface area contributed by atoms with Crippen molar-refractivity contribution in [1.82, 2.24) is 10.7 Å². The number of hydrogen-bond acceptors (Lipinski definition) is 4. The van der Waals surface area contributed by atoms with Crippen molar-refractivity contribution >= 4 is 39.5 Å². The molecule has 1 heterocycles. The summed E-state index contributed by atoms with van der Waals surface area (Å²) in [4.78, 5) is 0. The molecule has 1 aliphatic rings. The number of halogens is 2. The Bertz CT molecular complexity index is 801. The minimum absolute atomic E-state index is 0.244. The van der Waals surface area contributed by atoms with Crippen molar-refractivity contribution in [2.45, 2.75) is 6.54 Å². The lowest BCUT2D eigenvalue weighted by atomic mass is 10.2. The van der Waals surface area contributed by atoms with E-state index < -0.39 is 0 Å². The molecule has 0 saturated heterocycles. The first-order valence-electron chi connectivity index (χ1n) is 7.02. The van der Waals surface area contributed by atoms with Crippen LogP contribution in [0.4, 0.5) is 4.39 Å². The van der Waals surface area contributed by atoms with Gasteiger partial charge in [-0.3, -0.25) is 5.43 Å². The predicted molar refractivity (Wildman–Crippen MR) is 96.8 cm³/mol. The van der Waals surface area contributed by atoms with Crippen LogP contribution in [0.2, 0.25) is 0 Å². The lowest BCUT2D eigenvalue weighted by Gasteiger charge is -2.07. The monoisotopic (exact) mass is 409 g/mol. The number of fused-ring (bicyclic) bond motifs is 1. The fraction of sp³-hybridized carbons (Fsp3) is 0.125. The van der Waals surface area contributed by atoms with Crippen molar-refractivity contribution in [1.29, 1.82) is 0 Å². The molecule has 2 aromatic carbocycles. The van der Waals surface area contributed by atoms with Gasteiger partial charge in [0.25, 0.3) is 0 Å². The van der Waals surface area contributed by atoms with Gasteiger partial charge in [0, 0.05) is 16.6 Å². The SMILES string of the molecule is Fc1cc(Br)ccc1/C=N\NC(=S)NCc1ccc2c(c1)OCO2. The standard InChI is InChI=1S/C16H13BrFN3O2S/c17-12-3-2-11(13(18)6-12)8-20-21-16(24)19-7-10-1-4-14-15(5-10)23-9-22-14/h1-6,8H,7,9H2,(H2,19,21,24)/b20-8-. The summed E-state index contributed by atoms with van der Waals surface area (Å²) in [5.41, 5.74) is 4.01. The highest BCUT2D eigenvalue weighted by atomic mass is 79.9. The highest BCUT2D eigenvalue weighted by Crippen LogP contribution is 2.32. The van der Waals surface area contributed by atoms with Crippen LogP contribution < -0.4 is 20.2 Å². The zero-order valence-corrected chi connectivity index (χ0v) is 14.8. The van der Waals surface area contributed by atoms with Gasteiger partial charge >= 0.3 is 0 Å². The van der Waals surface area contributed by atoms with Gasteiger partial charge in [0.15, 0.2) is 16.6 Å². The van der Waals surface area contributed by atoms with Crippen LogP contribution >= 0.6 is 28.1 Å². The van der Waals surface area contributed by atoms with Gasteiger partial charge in [0.1, 0.15) is 5.82 Å². The zero-order chi connectivity index (χ0) is 16.9. The third-order valence-electron chi connectivity index (χ3n) is 3.22. The molecule has 8 heteroatoms. The predicted octanol–water partition coefficient (Wildman–Crippen LogP) is 3.32. The normalized spacial score (nSPS) is 12.4. The number of nitrogens with one attached hydrogen (secondary N) is 2. The molecule has 0 aromatic heterocycles. The van der Waals surface area contributed by atoms with Crippen LogP contribution in [0.5, 0.6) is 11.5 Å². The van der Waals surface area contributed by atoms with Crippen LogP contribution in [-0.2, 0) is 6.54 Å². The largest absolute Gasteiger partial charge is 0.454 e. The summed E-state index contributed by atoms with van der Waals surface area (Å²) in [6.45, 7) is 0.748. The molecule has 0 aliphatic carbocycles. The minimum Gasteiger partial charge on any atom is -0.454 e. The number of nitrogens with zero attached hydrogens (tertiary/aromatic N) is 1. The third-order valence-corrected chi connectivity index (χ3v) is 3.95.